The van der Waals surface area contributed by atoms with Gasteiger partial charge in [-0.05, 0) is 32.9 Å². The van der Waals surface area contributed by atoms with E-state index in [1.165, 1.54) is 0 Å². The van der Waals surface area contributed by atoms with Crippen molar-refractivity contribution in [3.63, 3.8) is 0 Å². The highest BCUT2D eigenvalue weighted by molar-refractivity contribution is 8.16. The lowest BCUT2D eigenvalue weighted by atomic mass is 10.1. The zero-order valence-corrected chi connectivity index (χ0v) is 9.24. The molecule has 1 aliphatic heterocycles. The van der Waals surface area contributed by atoms with Gasteiger partial charge in [0, 0.05) is 16.7 Å². The number of halogens is 1. The summed E-state index contributed by atoms with van der Waals surface area (Å²) in [5, 5.41) is 0. The van der Waals surface area contributed by atoms with Crippen LogP contribution >= 0.6 is 10.7 Å². The normalized spacial score (nSPS) is 24.9. The molecule has 1 saturated heterocycles. The molecule has 0 bridgehead atoms. The lowest BCUT2D eigenvalue weighted by molar-refractivity contribution is 0.311. The summed E-state index contributed by atoms with van der Waals surface area (Å²) in [7, 11) is 3.59. The van der Waals surface area contributed by atoms with E-state index in [0.29, 0.717) is 12.5 Å². The molecule has 76 valence electrons. The first-order chi connectivity index (χ1) is 5.91. The van der Waals surface area contributed by atoms with Crippen molar-refractivity contribution in [2.75, 3.05) is 13.6 Å². The molecule has 0 aromatic heterocycles. The molecule has 1 aliphatic rings. The highest BCUT2D eigenvalue weighted by Crippen LogP contribution is 2.24. The van der Waals surface area contributed by atoms with Crippen molar-refractivity contribution in [1.29, 1.82) is 0 Å². The van der Waals surface area contributed by atoms with E-state index in [1.54, 1.807) is 0 Å². The number of hydrogen-bond donors (Lipinski definition) is 0. The van der Waals surface area contributed by atoms with Crippen molar-refractivity contribution in [3.05, 3.63) is 11.5 Å². The molecule has 0 aliphatic carbocycles. The second kappa shape index (κ2) is 3.98. The maximum atomic E-state index is 10.9. The Balaban J connectivity index is 2.54. The summed E-state index contributed by atoms with van der Waals surface area (Å²) < 4.78 is 21.7. The third-order valence-electron chi connectivity index (χ3n) is 2.48. The first-order valence-corrected chi connectivity index (χ1v) is 6.55. The van der Waals surface area contributed by atoms with Crippen molar-refractivity contribution in [2.24, 2.45) is 0 Å². The molecule has 1 fully saturated rings. The van der Waals surface area contributed by atoms with Gasteiger partial charge >= 0.3 is 0 Å². The van der Waals surface area contributed by atoms with Crippen LogP contribution in [0, 0.1) is 0 Å². The van der Waals surface area contributed by atoms with E-state index >= 15 is 0 Å². The highest BCUT2D eigenvalue weighted by Gasteiger charge is 2.24. The van der Waals surface area contributed by atoms with Gasteiger partial charge in [0.1, 0.15) is 0 Å². The Bertz CT molecular complexity index is 299. The van der Waals surface area contributed by atoms with Gasteiger partial charge < -0.3 is 4.90 Å². The first kappa shape index (κ1) is 11.0. The lowest BCUT2D eigenvalue weighted by Crippen LogP contribution is -2.25. The Hall–Kier alpha value is -0.0600. The Morgan fingerprint density at radius 3 is 2.69 bits per heavy atom. The number of rotatable bonds is 3. The Labute approximate surface area is 83.8 Å². The molecule has 0 amide bonds. The third kappa shape index (κ3) is 2.97. The van der Waals surface area contributed by atoms with Crippen LogP contribution in [0.25, 0.3) is 0 Å². The van der Waals surface area contributed by atoms with Gasteiger partial charge in [0.15, 0.2) is 0 Å². The Kier molecular flexibility index (Phi) is 3.38. The molecule has 0 aromatic carbocycles. The molecule has 0 radical (unpaired) electrons. The molecule has 0 aromatic rings. The number of likely N-dealkylation sites (tertiary alicyclic amines) is 1. The fourth-order valence-corrected chi connectivity index (χ4v) is 2.18. The summed E-state index contributed by atoms with van der Waals surface area (Å²) >= 11 is 0. The third-order valence-corrected chi connectivity index (χ3v) is 3.99. The van der Waals surface area contributed by atoms with Crippen LogP contribution < -0.4 is 0 Å². The second-order valence-corrected chi connectivity index (χ2v) is 6.13. The van der Waals surface area contributed by atoms with Crippen LogP contribution in [0.5, 0.6) is 0 Å². The maximum Gasteiger partial charge on any atom is 0.256 e. The van der Waals surface area contributed by atoms with E-state index in [9.17, 15) is 8.42 Å². The summed E-state index contributed by atoms with van der Waals surface area (Å²) in [6.45, 7) is 4.51. The van der Waals surface area contributed by atoms with Gasteiger partial charge in [0.2, 0.25) is 0 Å². The minimum absolute atomic E-state index is 0.132. The van der Waals surface area contributed by atoms with Gasteiger partial charge in [-0.25, -0.2) is 8.42 Å². The molecule has 3 nitrogen and oxygen atoms in total. The largest absolute Gasteiger partial charge is 0.303 e. The van der Waals surface area contributed by atoms with Crippen LogP contribution in [-0.2, 0) is 9.05 Å². The van der Waals surface area contributed by atoms with Crippen LogP contribution in [0.15, 0.2) is 11.5 Å². The monoisotopic (exact) mass is 223 g/mol. The second-order valence-electron chi connectivity index (χ2n) is 3.46. The van der Waals surface area contributed by atoms with Crippen molar-refractivity contribution < 1.29 is 8.42 Å². The Morgan fingerprint density at radius 2 is 2.31 bits per heavy atom. The fraction of sp³-hybridized carbons (Fsp3) is 0.750. The molecular weight excluding hydrogens is 210 g/mol. The van der Waals surface area contributed by atoms with Crippen molar-refractivity contribution in [1.82, 2.24) is 4.90 Å². The minimum Gasteiger partial charge on any atom is -0.303 e. The van der Waals surface area contributed by atoms with E-state index < -0.39 is 9.05 Å². The molecule has 0 N–H and O–H groups in total. The zero-order chi connectivity index (χ0) is 10.1. The molecule has 13 heavy (non-hydrogen) atoms. The molecule has 0 saturated carbocycles. The average molecular weight is 224 g/mol. The standard InChI is InChI=1S/C8H14ClNO2S/c1-7(13(9,11)12)6-8-4-3-5-10(8)2/h8H,1,3-6H2,2H3. The topological polar surface area (TPSA) is 37.4 Å². The van der Waals surface area contributed by atoms with Crippen LogP contribution in [0.1, 0.15) is 19.3 Å². The summed E-state index contributed by atoms with van der Waals surface area (Å²) in [6.07, 6.45) is 2.61. The molecule has 1 unspecified atom stereocenters. The number of nitrogens with zero attached hydrogens (tertiary/aromatic N) is 1. The smallest absolute Gasteiger partial charge is 0.256 e. The predicted octanol–water partition coefficient (Wildman–Crippen LogP) is 1.55. The summed E-state index contributed by atoms with van der Waals surface area (Å²) in [5.41, 5.74) is 0. The van der Waals surface area contributed by atoms with E-state index in [2.05, 4.69) is 11.5 Å². The summed E-state index contributed by atoms with van der Waals surface area (Å²) in [5.74, 6) is 0. The first-order valence-electron chi connectivity index (χ1n) is 4.24. The van der Waals surface area contributed by atoms with Gasteiger partial charge in [-0.1, -0.05) is 6.58 Å². The van der Waals surface area contributed by atoms with Crippen LogP contribution in [0.2, 0.25) is 0 Å². The molecule has 5 heteroatoms. The van der Waals surface area contributed by atoms with E-state index in [-0.39, 0.29) is 4.91 Å². The summed E-state index contributed by atoms with van der Waals surface area (Å²) in [6, 6.07) is 0.293. The van der Waals surface area contributed by atoms with E-state index in [0.717, 1.165) is 19.4 Å². The molecule has 1 rings (SSSR count). The van der Waals surface area contributed by atoms with Crippen LogP contribution in [-0.4, -0.2) is 33.0 Å². The minimum atomic E-state index is -3.56. The van der Waals surface area contributed by atoms with Gasteiger partial charge in [0.05, 0.1) is 4.91 Å². The van der Waals surface area contributed by atoms with Gasteiger partial charge in [-0.3, -0.25) is 0 Å². The fourth-order valence-electron chi connectivity index (χ4n) is 1.60. The van der Waals surface area contributed by atoms with Gasteiger partial charge in [-0.2, -0.15) is 0 Å². The molecule has 1 atom stereocenters. The average Bonchev–Trinajstić information content (AvgIpc) is 2.34. The molecular formula is C8H14ClNO2S. The highest BCUT2D eigenvalue weighted by atomic mass is 35.7. The van der Waals surface area contributed by atoms with Gasteiger partial charge in [-0.15, -0.1) is 0 Å². The number of hydrogen-bond acceptors (Lipinski definition) is 3. The Morgan fingerprint density at radius 1 is 1.69 bits per heavy atom. The van der Waals surface area contributed by atoms with Crippen molar-refractivity contribution in [3.8, 4) is 0 Å². The maximum absolute atomic E-state index is 10.9. The summed E-state index contributed by atoms with van der Waals surface area (Å²) in [4.78, 5) is 2.28. The van der Waals surface area contributed by atoms with Crippen LogP contribution in [0.4, 0.5) is 0 Å². The zero-order valence-electron chi connectivity index (χ0n) is 7.66. The van der Waals surface area contributed by atoms with Gasteiger partial charge in [0.25, 0.3) is 9.05 Å². The lowest BCUT2D eigenvalue weighted by Gasteiger charge is -2.18. The molecule has 0 spiro atoms. The SMILES string of the molecule is C=C(CC1CCCN1C)S(=O)(=O)Cl. The predicted molar refractivity (Wildman–Crippen MR) is 54.2 cm³/mol. The van der Waals surface area contributed by atoms with Crippen LogP contribution in [0.3, 0.4) is 0 Å². The quantitative estimate of drug-likeness (QED) is 0.682. The van der Waals surface area contributed by atoms with E-state index in [1.807, 2.05) is 7.05 Å². The van der Waals surface area contributed by atoms with Crippen molar-refractivity contribution >= 4 is 19.7 Å². The van der Waals surface area contributed by atoms with E-state index in [4.69, 9.17) is 10.7 Å². The van der Waals surface area contributed by atoms with Crippen molar-refractivity contribution in [2.45, 2.75) is 25.3 Å². The molecule has 1 heterocycles.